The summed E-state index contributed by atoms with van der Waals surface area (Å²) in [6.07, 6.45) is 0. The van der Waals surface area contributed by atoms with Gasteiger partial charge in [-0.15, -0.1) is 0 Å². The van der Waals surface area contributed by atoms with Crippen LogP contribution in [-0.2, 0) is 0 Å². The number of aromatic hydroxyl groups is 2. The molecule has 4 aromatic rings. The minimum absolute atomic E-state index is 0.00120. The van der Waals surface area contributed by atoms with Crippen LogP contribution in [0, 0.1) is 5.92 Å². The van der Waals surface area contributed by atoms with Crippen LogP contribution >= 0.6 is 0 Å². The molecule has 2 N–H and O–H groups in total. The van der Waals surface area contributed by atoms with Crippen molar-refractivity contribution in [2.45, 2.75) is 38.7 Å². The van der Waals surface area contributed by atoms with Gasteiger partial charge in [0.15, 0.2) is 0 Å². The summed E-state index contributed by atoms with van der Waals surface area (Å²) in [5.41, 5.74) is 3.02. The standard InChI is InChI=1S/C17H16N2O2.C16H13B2N2O2.B2/c1-9-8-19-16(18-10(9)2)13-6-4-11-3-5-12(20)7-14(11)15(13)17(19)21;1-8-13(18-17)7-20-15(19-8)14-11(16(20)22)5-3-9-2-4-10(21)6-12(9)14;1-2/h3-7,9-10,20H,8H2,1-2H3;2-6,8,13,21H,7H2,1H3;/t9-,10-;8-,13-;/m01./s1. The number of carbonyl (C=O) groups excluding carboxylic acids is 2. The zero-order valence-corrected chi connectivity index (χ0v) is 25.3. The Morgan fingerprint density at radius 2 is 1.24 bits per heavy atom. The summed E-state index contributed by atoms with van der Waals surface area (Å²) >= 11 is 0. The third-order valence-electron chi connectivity index (χ3n) is 9.13. The average molecular weight is 589 g/mol. The highest BCUT2D eigenvalue weighted by Crippen LogP contribution is 2.37. The van der Waals surface area contributed by atoms with Crippen LogP contribution in [0.4, 0.5) is 0 Å². The van der Waals surface area contributed by atoms with Crippen LogP contribution in [0.5, 0.6) is 11.5 Å². The van der Waals surface area contributed by atoms with Crippen molar-refractivity contribution in [1.29, 1.82) is 0 Å². The van der Waals surface area contributed by atoms with Gasteiger partial charge in [0.1, 0.15) is 23.2 Å². The van der Waals surface area contributed by atoms with E-state index < -0.39 is 0 Å². The highest BCUT2D eigenvalue weighted by Gasteiger charge is 2.41. The van der Waals surface area contributed by atoms with Crippen molar-refractivity contribution in [1.82, 2.24) is 9.80 Å². The highest BCUT2D eigenvalue weighted by molar-refractivity contribution is 6.90. The Balaban J connectivity index is 0.000000151. The summed E-state index contributed by atoms with van der Waals surface area (Å²) in [5, 5.41) is 23.1. The Labute approximate surface area is 266 Å². The molecular weight excluding hydrogens is 560 g/mol. The summed E-state index contributed by atoms with van der Waals surface area (Å²) in [6, 6.07) is 18.3. The minimum atomic E-state index is -0.0438. The fraction of sp³-hybridized carbons (Fsp3) is 0.273. The summed E-state index contributed by atoms with van der Waals surface area (Å²) in [6.45, 7) is 7.46. The van der Waals surface area contributed by atoms with Gasteiger partial charge in [-0.2, -0.15) is 0 Å². The third kappa shape index (κ3) is 5.00. The molecule has 45 heavy (non-hydrogen) atoms. The van der Waals surface area contributed by atoms with E-state index in [1.54, 1.807) is 41.2 Å². The lowest BCUT2D eigenvalue weighted by Crippen LogP contribution is -2.42. The number of rotatable bonds is 1. The molecule has 12 heteroatoms. The van der Waals surface area contributed by atoms with Crippen molar-refractivity contribution in [3.63, 3.8) is 0 Å². The van der Waals surface area contributed by atoms with Gasteiger partial charge in [0, 0.05) is 53.5 Å². The molecule has 0 saturated carbocycles. The van der Waals surface area contributed by atoms with E-state index in [0.29, 0.717) is 36.0 Å². The number of amides is 2. The van der Waals surface area contributed by atoms with Crippen LogP contribution in [0.1, 0.15) is 52.6 Å². The van der Waals surface area contributed by atoms with Crippen molar-refractivity contribution >= 4 is 75.4 Å². The van der Waals surface area contributed by atoms with Crippen LogP contribution in [0.3, 0.4) is 0 Å². The van der Waals surface area contributed by atoms with Crippen LogP contribution in [-0.4, -0.2) is 99.1 Å². The first-order valence-electron chi connectivity index (χ1n) is 14.9. The van der Waals surface area contributed by atoms with Gasteiger partial charge in [-0.25, -0.2) is 0 Å². The smallest absolute Gasteiger partial charge is 0.260 e. The van der Waals surface area contributed by atoms with Crippen LogP contribution < -0.4 is 0 Å². The monoisotopic (exact) mass is 589 g/mol. The van der Waals surface area contributed by atoms with Gasteiger partial charge < -0.3 is 10.2 Å². The van der Waals surface area contributed by atoms with Gasteiger partial charge in [0.25, 0.3) is 11.8 Å². The summed E-state index contributed by atoms with van der Waals surface area (Å²) in [7, 11) is 15.3. The molecule has 0 aliphatic carbocycles. The molecule has 0 spiro atoms. The van der Waals surface area contributed by atoms with E-state index >= 15 is 0 Å². The molecule has 4 aromatic carbocycles. The van der Waals surface area contributed by atoms with Gasteiger partial charge in [0.2, 0.25) is 0 Å². The molecule has 8 nitrogen and oxygen atoms in total. The molecule has 4 atom stereocenters. The maximum Gasteiger partial charge on any atom is 0.260 e. The number of benzene rings is 4. The highest BCUT2D eigenvalue weighted by atomic mass is 16.3. The van der Waals surface area contributed by atoms with E-state index in [-0.39, 0.29) is 41.2 Å². The van der Waals surface area contributed by atoms with E-state index in [4.69, 9.17) is 17.7 Å². The van der Waals surface area contributed by atoms with Crippen molar-refractivity contribution in [3.8, 4) is 11.5 Å². The molecule has 4 heterocycles. The number of carbonyl (C=O) groups is 2. The fourth-order valence-corrected chi connectivity index (χ4v) is 6.45. The van der Waals surface area contributed by atoms with E-state index in [0.717, 1.165) is 38.5 Å². The Hall–Kier alpha value is -4.46. The van der Waals surface area contributed by atoms with Crippen molar-refractivity contribution in [3.05, 3.63) is 82.9 Å². The molecular formula is C33H29B4N4O4. The first-order valence-corrected chi connectivity index (χ1v) is 14.9. The van der Waals surface area contributed by atoms with Gasteiger partial charge in [0.05, 0.1) is 24.3 Å². The quantitative estimate of drug-likeness (QED) is 0.331. The number of hydrogen-bond acceptors (Lipinski definition) is 6. The maximum absolute atomic E-state index is 12.8. The third-order valence-corrected chi connectivity index (χ3v) is 9.13. The first kappa shape index (κ1) is 30.6. The number of phenols is 2. The molecule has 0 fully saturated rings. The van der Waals surface area contributed by atoms with E-state index in [1.165, 1.54) is 0 Å². The van der Waals surface area contributed by atoms with Crippen LogP contribution in [0.2, 0.25) is 5.82 Å². The molecule has 4 aliphatic heterocycles. The lowest BCUT2D eigenvalue weighted by Gasteiger charge is -2.32. The summed E-state index contributed by atoms with van der Waals surface area (Å²) in [4.78, 5) is 38.3. The SMILES string of the molecule is C[C@@H]1N=C2c3ccc4ccc(O)cc4c3C(=O)N2C[C@@H]1C.[B][B].[B][B][C@@H]1CN2C(=O)c3ccc4ccc(O)cc4c3C2=N[C@@H]1C. The van der Waals surface area contributed by atoms with Crippen molar-refractivity contribution < 1.29 is 19.8 Å². The molecule has 8 rings (SSSR count). The van der Waals surface area contributed by atoms with Gasteiger partial charge in [-0.1, -0.05) is 31.2 Å². The van der Waals surface area contributed by atoms with E-state index in [1.807, 2.05) is 43.3 Å². The van der Waals surface area contributed by atoms with Gasteiger partial charge >= 0.3 is 0 Å². The zero-order chi connectivity index (χ0) is 32.2. The average Bonchev–Trinajstić information content (AvgIpc) is 3.47. The number of phenolic OH excluding ortho intramolecular Hbond substituents is 2. The summed E-state index contributed by atoms with van der Waals surface area (Å²) in [5.74, 6) is 2.21. The Bertz CT molecular complexity index is 1930. The largest absolute Gasteiger partial charge is 0.508 e. The Morgan fingerprint density at radius 1 is 0.711 bits per heavy atom. The number of aliphatic imine (C=N–C) groups is 2. The molecule has 2 amide bonds. The first-order chi connectivity index (χ1) is 21.7. The lowest BCUT2D eigenvalue weighted by molar-refractivity contribution is 0.0832. The van der Waals surface area contributed by atoms with E-state index in [2.05, 4.69) is 29.3 Å². The van der Waals surface area contributed by atoms with Gasteiger partial charge in [-0.3, -0.25) is 29.4 Å². The van der Waals surface area contributed by atoms with Crippen molar-refractivity contribution in [2.24, 2.45) is 15.9 Å². The molecule has 0 aromatic heterocycles. The molecule has 7 radical (unpaired) electrons. The zero-order valence-electron chi connectivity index (χ0n) is 25.3. The predicted octanol–water partition coefficient (Wildman–Crippen LogP) is 3.75. The van der Waals surface area contributed by atoms with Gasteiger partial charge in [-0.05, 0) is 83.5 Å². The number of amidine groups is 2. The Morgan fingerprint density at radius 3 is 1.87 bits per heavy atom. The fourth-order valence-electron chi connectivity index (χ4n) is 6.45. The second-order valence-corrected chi connectivity index (χ2v) is 11.8. The maximum atomic E-state index is 12.8. The summed E-state index contributed by atoms with van der Waals surface area (Å²) < 4.78 is 0. The molecule has 217 valence electrons. The molecule has 4 aliphatic rings. The number of fused-ring (bicyclic) bond motifs is 10. The van der Waals surface area contributed by atoms with Crippen molar-refractivity contribution in [2.75, 3.05) is 13.1 Å². The lowest BCUT2D eigenvalue weighted by atomic mass is 9.45. The second kappa shape index (κ2) is 11.8. The minimum Gasteiger partial charge on any atom is -0.508 e. The second-order valence-electron chi connectivity index (χ2n) is 11.8. The Kier molecular flexibility index (Phi) is 8.02. The predicted molar refractivity (Wildman–Crippen MR) is 181 cm³/mol. The van der Waals surface area contributed by atoms with Crippen LogP contribution in [0.25, 0.3) is 21.5 Å². The van der Waals surface area contributed by atoms with Crippen LogP contribution in [0.15, 0.2) is 70.6 Å². The molecule has 0 saturated heterocycles. The topological polar surface area (TPSA) is 106 Å². The normalized spacial score (nSPS) is 22.6. The number of hydrogen-bond donors (Lipinski definition) is 2. The molecule has 0 unspecified atom stereocenters. The number of nitrogens with zero attached hydrogens (tertiary/aromatic N) is 4. The van der Waals surface area contributed by atoms with E-state index in [9.17, 15) is 19.8 Å². The molecule has 0 bridgehead atoms.